The Hall–Kier alpha value is -0.448. The molecule has 0 fully saturated rings. The maximum absolute atomic E-state index is 5.36. The Bertz CT molecular complexity index is 138. The molecule has 0 aliphatic rings. The summed E-state index contributed by atoms with van der Waals surface area (Å²) in [5.74, 6) is 0. The molecule has 8 heavy (non-hydrogen) atoms. The normalized spacial score (nSPS) is 7.50. The summed E-state index contributed by atoms with van der Waals surface area (Å²) < 4.78 is 0. The molecule has 1 aromatic carbocycles. The second-order valence-corrected chi connectivity index (χ2v) is 1.41. The third-order valence-electron chi connectivity index (χ3n) is 0.800. The van der Waals surface area contributed by atoms with Gasteiger partial charge in [-0.3, -0.25) is 0 Å². The van der Waals surface area contributed by atoms with Crippen LogP contribution in [0.2, 0.25) is 0 Å². The molecule has 0 aromatic heterocycles. The van der Waals surface area contributed by atoms with Gasteiger partial charge in [-0.15, -0.1) is 0 Å². The average molecular weight is 123 g/mol. The number of benzene rings is 1. The number of anilines is 1. The molecule has 0 aliphatic carbocycles. The molecule has 42 valence electrons. The van der Waals surface area contributed by atoms with E-state index in [0.717, 1.165) is 5.69 Å². The minimum Gasteiger partial charge on any atom is -0.399 e. The van der Waals surface area contributed by atoms with Crippen molar-refractivity contribution in [3.05, 3.63) is 30.3 Å². The fraction of sp³-hybridized carbons (Fsp3) is 0. The number of hydrogen-bond donors (Lipinski definition) is 1. The van der Waals surface area contributed by atoms with Gasteiger partial charge in [0.25, 0.3) is 0 Å². The molecular formula is C6H10AlN. The molecule has 0 aliphatic heterocycles. The summed E-state index contributed by atoms with van der Waals surface area (Å²) in [5, 5.41) is 0. The largest absolute Gasteiger partial charge is 0.399 e. The Balaban J connectivity index is 0.000000490. The van der Waals surface area contributed by atoms with Crippen molar-refractivity contribution in [3.8, 4) is 0 Å². The van der Waals surface area contributed by atoms with E-state index in [9.17, 15) is 0 Å². The van der Waals surface area contributed by atoms with Crippen LogP contribution in [-0.4, -0.2) is 17.4 Å². The summed E-state index contributed by atoms with van der Waals surface area (Å²) in [7, 11) is 0. The van der Waals surface area contributed by atoms with E-state index in [-0.39, 0.29) is 17.4 Å². The predicted octanol–water partition coefficient (Wildman–Crippen LogP) is 0.0849. The van der Waals surface area contributed by atoms with Crippen molar-refractivity contribution in [2.75, 3.05) is 5.73 Å². The molecule has 1 nitrogen and oxygen atoms in total. The van der Waals surface area contributed by atoms with Crippen LogP contribution in [0, 0.1) is 0 Å². The van der Waals surface area contributed by atoms with Gasteiger partial charge in [-0.1, -0.05) is 18.2 Å². The average Bonchev–Trinajstić information content (AvgIpc) is 1.69. The van der Waals surface area contributed by atoms with E-state index in [2.05, 4.69) is 0 Å². The first-order valence-corrected chi connectivity index (χ1v) is 2.20. The number of hydrogen-bond acceptors (Lipinski definition) is 1. The Labute approximate surface area is 59.6 Å². The lowest BCUT2D eigenvalue weighted by molar-refractivity contribution is 1.69. The molecule has 1 rings (SSSR count). The summed E-state index contributed by atoms with van der Waals surface area (Å²) >= 11 is 0. The van der Waals surface area contributed by atoms with Gasteiger partial charge in [0.15, 0.2) is 17.4 Å². The van der Waals surface area contributed by atoms with E-state index in [1.54, 1.807) is 0 Å². The zero-order valence-corrected chi connectivity index (χ0v) is 3.96. The molecule has 0 saturated carbocycles. The van der Waals surface area contributed by atoms with Crippen LogP contribution in [0.1, 0.15) is 0 Å². The van der Waals surface area contributed by atoms with Crippen molar-refractivity contribution >= 4 is 23.0 Å². The van der Waals surface area contributed by atoms with Crippen LogP contribution in [0.25, 0.3) is 0 Å². The van der Waals surface area contributed by atoms with Crippen molar-refractivity contribution in [2.45, 2.75) is 0 Å². The van der Waals surface area contributed by atoms with Crippen LogP contribution >= 0.6 is 0 Å². The highest BCUT2D eigenvalue weighted by Gasteiger charge is 1.72. The topological polar surface area (TPSA) is 26.0 Å². The summed E-state index contributed by atoms with van der Waals surface area (Å²) in [6.45, 7) is 0. The van der Waals surface area contributed by atoms with Gasteiger partial charge in [0, 0.05) is 5.69 Å². The monoisotopic (exact) mass is 123 g/mol. The molecule has 0 unspecified atom stereocenters. The van der Waals surface area contributed by atoms with E-state index in [1.807, 2.05) is 30.3 Å². The smallest absolute Gasteiger partial charge is 0.187 e. The van der Waals surface area contributed by atoms with Crippen LogP contribution in [0.3, 0.4) is 0 Å². The quantitative estimate of drug-likeness (QED) is 0.384. The first-order valence-electron chi connectivity index (χ1n) is 2.20. The molecule has 0 bridgehead atoms. The highest BCUT2D eigenvalue weighted by molar-refractivity contribution is 5.75. The fourth-order valence-corrected chi connectivity index (χ4v) is 0.453. The Morgan fingerprint density at radius 1 is 1.00 bits per heavy atom. The maximum Gasteiger partial charge on any atom is 0.187 e. The van der Waals surface area contributed by atoms with Crippen LogP contribution in [0.4, 0.5) is 5.69 Å². The minimum atomic E-state index is 0. The minimum absolute atomic E-state index is 0. The van der Waals surface area contributed by atoms with E-state index in [4.69, 9.17) is 5.73 Å². The molecule has 2 N–H and O–H groups in total. The second kappa shape index (κ2) is 3.54. The van der Waals surface area contributed by atoms with Crippen molar-refractivity contribution in [2.24, 2.45) is 0 Å². The third kappa shape index (κ3) is 2.02. The maximum atomic E-state index is 5.36. The Morgan fingerprint density at radius 2 is 1.50 bits per heavy atom. The van der Waals surface area contributed by atoms with Gasteiger partial charge in [-0.2, -0.15) is 0 Å². The molecule has 0 amide bonds. The van der Waals surface area contributed by atoms with Gasteiger partial charge in [0.2, 0.25) is 0 Å². The molecule has 1 aromatic rings. The lowest BCUT2D eigenvalue weighted by atomic mass is 10.3. The van der Waals surface area contributed by atoms with Crippen LogP contribution in [-0.2, 0) is 0 Å². The van der Waals surface area contributed by atoms with Gasteiger partial charge in [-0.25, -0.2) is 0 Å². The highest BCUT2D eigenvalue weighted by Crippen LogP contribution is 1.95. The summed E-state index contributed by atoms with van der Waals surface area (Å²) in [4.78, 5) is 0. The zero-order chi connectivity index (χ0) is 5.11. The predicted molar refractivity (Wildman–Crippen MR) is 40.8 cm³/mol. The van der Waals surface area contributed by atoms with E-state index in [1.165, 1.54) is 0 Å². The third-order valence-corrected chi connectivity index (χ3v) is 0.800. The summed E-state index contributed by atoms with van der Waals surface area (Å²) in [6.07, 6.45) is 0. The van der Waals surface area contributed by atoms with E-state index in [0.29, 0.717) is 0 Å². The van der Waals surface area contributed by atoms with Crippen molar-refractivity contribution < 1.29 is 0 Å². The Morgan fingerprint density at radius 3 is 1.75 bits per heavy atom. The van der Waals surface area contributed by atoms with E-state index < -0.39 is 0 Å². The van der Waals surface area contributed by atoms with Crippen molar-refractivity contribution in [1.82, 2.24) is 0 Å². The van der Waals surface area contributed by atoms with Crippen LogP contribution < -0.4 is 5.73 Å². The van der Waals surface area contributed by atoms with Crippen LogP contribution in [0.5, 0.6) is 0 Å². The van der Waals surface area contributed by atoms with Crippen molar-refractivity contribution in [1.29, 1.82) is 0 Å². The lowest BCUT2D eigenvalue weighted by Crippen LogP contribution is -1.79. The molecule has 0 atom stereocenters. The lowest BCUT2D eigenvalue weighted by Gasteiger charge is -1.83. The molecule has 0 spiro atoms. The Kier molecular flexibility index (Phi) is 3.34. The van der Waals surface area contributed by atoms with E-state index >= 15 is 0 Å². The molecule has 0 saturated heterocycles. The standard InChI is InChI=1S/C6H7N.Al.3H/c7-6-4-2-1-3-5-6;;;;/h1-5H,7H2;;;;. The first kappa shape index (κ1) is 7.55. The molecular weight excluding hydrogens is 113 g/mol. The van der Waals surface area contributed by atoms with Gasteiger partial charge in [-0.05, 0) is 12.1 Å². The van der Waals surface area contributed by atoms with Gasteiger partial charge < -0.3 is 5.73 Å². The van der Waals surface area contributed by atoms with Gasteiger partial charge in [0.05, 0.1) is 0 Å². The van der Waals surface area contributed by atoms with Gasteiger partial charge in [0.1, 0.15) is 0 Å². The fourth-order valence-electron chi connectivity index (χ4n) is 0.453. The molecule has 2 heteroatoms. The van der Waals surface area contributed by atoms with Crippen molar-refractivity contribution in [3.63, 3.8) is 0 Å². The highest BCUT2D eigenvalue weighted by atomic mass is 27.0. The number of rotatable bonds is 0. The first-order chi connectivity index (χ1) is 3.39. The zero-order valence-electron chi connectivity index (χ0n) is 3.96. The number of nitrogens with two attached hydrogens (primary N) is 1. The summed E-state index contributed by atoms with van der Waals surface area (Å²) in [5.41, 5.74) is 6.18. The number of nitrogen functional groups attached to an aromatic ring is 1. The van der Waals surface area contributed by atoms with Crippen LogP contribution in [0.15, 0.2) is 30.3 Å². The molecule has 0 radical (unpaired) electrons. The SMILES string of the molecule is Nc1ccccc1.[AlH3]. The number of para-hydroxylation sites is 1. The summed E-state index contributed by atoms with van der Waals surface area (Å²) in [6, 6.07) is 9.49. The molecule has 0 heterocycles. The van der Waals surface area contributed by atoms with Gasteiger partial charge >= 0.3 is 0 Å². The second-order valence-electron chi connectivity index (χ2n) is 1.41.